The van der Waals surface area contributed by atoms with Gasteiger partial charge in [-0.25, -0.2) is 14.6 Å². The number of nitrogens with zero attached hydrogens (tertiary/aromatic N) is 1. The van der Waals surface area contributed by atoms with Crippen LogP contribution in [-0.2, 0) is 4.79 Å². The number of hydrogen-bond acceptors (Lipinski definition) is 5. The summed E-state index contributed by atoms with van der Waals surface area (Å²) in [6.45, 7) is -0.270. The van der Waals surface area contributed by atoms with Gasteiger partial charge in [-0.05, 0) is 60.2 Å². The summed E-state index contributed by atoms with van der Waals surface area (Å²) >= 11 is 5.83. The predicted octanol–water partition coefficient (Wildman–Crippen LogP) is 3.58. The first-order chi connectivity index (χ1) is 15.4. The number of benzene rings is 3. The number of carbonyl (C=O) groups is 3. The Morgan fingerprint density at radius 3 is 2.47 bits per heavy atom. The summed E-state index contributed by atoms with van der Waals surface area (Å²) in [5, 5.41) is 6.68. The molecule has 0 saturated heterocycles. The second kappa shape index (κ2) is 10.8. The van der Waals surface area contributed by atoms with Gasteiger partial charge in [0.05, 0.1) is 18.3 Å². The number of esters is 1. The number of rotatable bonds is 7. The molecule has 3 rings (SSSR count). The summed E-state index contributed by atoms with van der Waals surface area (Å²) in [6.07, 6.45) is 1.37. The molecule has 0 aromatic heterocycles. The van der Waals surface area contributed by atoms with Crippen molar-refractivity contribution in [2.24, 2.45) is 5.10 Å². The van der Waals surface area contributed by atoms with E-state index in [2.05, 4.69) is 15.8 Å². The average Bonchev–Trinajstić information content (AvgIpc) is 2.79. The molecule has 3 aromatic rings. The Morgan fingerprint density at radius 2 is 1.75 bits per heavy atom. The molecule has 9 heteroatoms. The van der Waals surface area contributed by atoms with E-state index in [0.717, 1.165) is 0 Å². The first-order valence-electron chi connectivity index (χ1n) is 9.35. The van der Waals surface area contributed by atoms with Gasteiger partial charge in [0.25, 0.3) is 11.8 Å². The van der Waals surface area contributed by atoms with E-state index >= 15 is 0 Å². The number of amides is 2. The van der Waals surface area contributed by atoms with Crippen LogP contribution in [0.3, 0.4) is 0 Å². The molecule has 0 atom stereocenters. The Labute approximate surface area is 187 Å². The van der Waals surface area contributed by atoms with Crippen molar-refractivity contribution in [3.05, 3.63) is 100 Å². The number of ether oxygens (including phenoxy) is 1. The molecule has 0 fully saturated rings. The molecule has 2 amide bonds. The third-order valence-corrected chi connectivity index (χ3v) is 4.32. The van der Waals surface area contributed by atoms with Crippen molar-refractivity contribution in [3.63, 3.8) is 0 Å². The van der Waals surface area contributed by atoms with Crippen LogP contribution in [0.5, 0.6) is 5.75 Å². The average molecular weight is 454 g/mol. The van der Waals surface area contributed by atoms with Crippen molar-refractivity contribution in [1.29, 1.82) is 0 Å². The van der Waals surface area contributed by atoms with Crippen LogP contribution in [0.1, 0.15) is 26.3 Å². The lowest BCUT2D eigenvalue weighted by molar-refractivity contribution is -0.120. The summed E-state index contributed by atoms with van der Waals surface area (Å²) in [5.74, 6) is -2.21. The maximum Gasteiger partial charge on any atom is 0.346 e. The molecule has 0 aliphatic rings. The van der Waals surface area contributed by atoms with Gasteiger partial charge in [0, 0.05) is 10.6 Å². The molecular weight excluding hydrogens is 437 g/mol. The molecule has 2 N–H and O–H groups in total. The van der Waals surface area contributed by atoms with Crippen LogP contribution < -0.4 is 15.5 Å². The second-order valence-corrected chi connectivity index (χ2v) is 6.86. The molecule has 0 saturated carbocycles. The number of hydrogen-bond donors (Lipinski definition) is 2. The quantitative estimate of drug-likeness (QED) is 0.247. The first-order valence-corrected chi connectivity index (χ1v) is 9.72. The normalized spacial score (nSPS) is 10.6. The van der Waals surface area contributed by atoms with Crippen LogP contribution >= 0.6 is 11.6 Å². The molecule has 0 unspecified atom stereocenters. The van der Waals surface area contributed by atoms with E-state index in [0.29, 0.717) is 16.1 Å². The molecule has 0 bridgehead atoms. The Morgan fingerprint density at radius 1 is 1.00 bits per heavy atom. The fourth-order valence-electron chi connectivity index (χ4n) is 2.52. The number of hydrazone groups is 1. The molecule has 3 aromatic carbocycles. The number of nitrogens with one attached hydrogen (secondary N) is 2. The van der Waals surface area contributed by atoms with Gasteiger partial charge in [0.15, 0.2) is 0 Å². The zero-order valence-electron chi connectivity index (χ0n) is 16.5. The van der Waals surface area contributed by atoms with Crippen LogP contribution in [0.4, 0.5) is 4.39 Å². The lowest BCUT2D eigenvalue weighted by Gasteiger charge is -2.05. The van der Waals surface area contributed by atoms with E-state index in [4.69, 9.17) is 16.3 Å². The van der Waals surface area contributed by atoms with Gasteiger partial charge in [0.1, 0.15) is 11.6 Å². The summed E-state index contributed by atoms with van der Waals surface area (Å²) < 4.78 is 18.8. The van der Waals surface area contributed by atoms with Crippen LogP contribution in [-0.4, -0.2) is 30.5 Å². The highest BCUT2D eigenvalue weighted by atomic mass is 35.5. The minimum atomic E-state index is -0.809. The van der Waals surface area contributed by atoms with Crippen molar-refractivity contribution in [1.82, 2.24) is 10.7 Å². The van der Waals surface area contributed by atoms with Crippen molar-refractivity contribution >= 4 is 35.6 Å². The van der Waals surface area contributed by atoms with Gasteiger partial charge in [-0.2, -0.15) is 5.10 Å². The van der Waals surface area contributed by atoms with Crippen LogP contribution in [0, 0.1) is 5.82 Å². The molecule has 162 valence electrons. The third kappa shape index (κ3) is 6.48. The molecule has 7 nitrogen and oxygen atoms in total. The fourth-order valence-corrected chi connectivity index (χ4v) is 2.71. The van der Waals surface area contributed by atoms with E-state index in [-0.39, 0.29) is 17.9 Å². The van der Waals surface area contributed by atoms with E-state index < -0.39 is 23.6 Å². The second-order valence-electron chi connectivity index (χ2n) is 6.42. The van der Waals surface area contributed by atoms with Crippen molar-refractivity contribution in [3.8, 4) is 5.75 Å². The lowest BCUT2D eigenvalue weighted by atomic mass is 10.2. The fraction of sp³-hybridized carbons (Fsp3) is 0.0435. The van der Waals surface area contributed by atoms with Crippen molar-refractivity contribution < 1.29 is 23.5 Å². The lowest BCUT2D eigenvalue weighted by Crippen LogP contribution is -2.34. The van der Waals surface area contributed by atoms with E-state index in [1.807, 2.05) is 0 Å². The van der Waals surface area contributed by atoms with E-state index in [1.165, 1.54) is 48.7 Å². The largest absolute Gasteiger partial charge is 0.423 e. The van der Waals surface area contributed by atoms with Crippen molar-refractivity contribution in [2.75, 3.05) is 6.54 Å². The third-order valence-electron chi connectivity index (χ3n) is 4.08. The van der Waals surface area contributed by atoms with Crippen LogP contribution in [0.25, 0.3) is 0 Å². The van der Waals surface area contributed by atoms with E-state index in [9.17, 15) is 18.8 Å². The minimum Gasteiger partial charge on any atom is -0.423 e. The Kier molecular flexibility index (Phi) is 7.66. The van der Waals surface area contributed by atoms with Gasteiger partial charge in [-0.3, -0.25) is 9.59 Å². The van der Waals surface area contributed by atoms with Gasteiger partial charge in [0.2, 0.25) is 0 Å². The molecular formula is C23H17ClFN3O4. The predicted molar refractivity (Wildman–Crippen MR) is 117 cm³/mol. The molecule has 32 heavy (non-hydrogen) atoms. The molecule has 0 radical (unpaired) electrons. The zero-order chi connectivity index (χ0) is 22.9. The SMILES string of the molecule is O=C(CNC(=O)c1cccc(Cl)c1)NN=Cc1ccc(OC(=O)c2ccccc2F)cc1. The van der Waals surface area contributed by atoms with Gasteiger partial charge in [-0.1, -0.05) is 29.8 Å². The Bertz CT molecular complexity index is 1170. The number of carbonyl (C=O) groups excluding carboxylic acids is 3. The molecule has 0 aliphatic carbocycles. The van der Waals surface area contributed by atoms with Gasteiger partial charge >= 0.3 is 5.97 Å². The molecule has 0 aliphatic heterocycles. The van der Waals surface area contributed by atoms with Crippen LogP contribution in [0.2, 0.25) is 5.02 Å². The monoisotopic (exact) mass is 453 g/mol. The van der Waals surface area contributed by atoms with E-state index in [1.54, 1.807) is 30.3 Å². The summed E-state index contributed by atoms with van der Waals surface area (Å²) in [6, 6.07) is 18.1. The minimum absolute atomic E-state index is 0.164. The highest BCUT2D eigenvalue weighted by Crippen LogP contribution is 2.15. The Balaban J connectivity index is 1.46. The summed E-state index contributed by atoms with van der Waals surface area (Å²) in [7, 11) is 0. The van der Waals surface area contributed by atoms with Crippen LogP contribution in [0.15, 0.2) is 77.9 Å². The standard InChI is InChI=1S/C23H17ClFN3O4/c24-17-5-3-4-16(12-17)22(30)26-14-21(29)28-27-13-15-8-10-18(11-9-15)32-23(31)19-6-1-2-7-20(19)25/h1-13H,14H2,(H,26,30)(H,28,29). The summed E-state index contributed by atoms with van der Waals surface area (Å²) in [4.78, 5) is 35.8. The van der Waals surface area contributed by atoms with Gasteiger partial charge in [-0.15, -0.1) is 0 Å². The topological polar surface area (TPSA) is 96.9 Å². The zero-order valence-corrected chi connectivity index (χ0v) is 17.3. The van der Waals surface area contributed by atoms with Crippen molar-refractivity contribution in [2.45, 2.75) is 0 Å². The van der Waals surface area contributed by atoms with Gasteiger partial charge < -0.3 is 10.1 Å². The summed E-state index contributed by atoms with van der Waals surface area (Å²) in [5.41, 5.74) is 3.07. The number of halogens is 2. The highest BCUT2D eigenvalue weighted by molar-refractivity contribution is 6.31. The maximum atomic E-state index is 13.6. The smallest absolute Gasteiger partial charge is 0.346 e. The first kappa shape index (κ1) is 22.6. The Hall–Kier alpha value is -4.04. The molecule has 0 heterocycles. The maximum absolute atomic E-state index is 13.6. The highest BCUT2D eigenvalue weighted by Gasteiger charge is 2.13. The molecule has 0 spiro atoms.